The van der Waals surface area contributed by atoms with E-state index in [0.717, 1.165) is 12.1 Å². The maximum atomic E-state index is 12.6. The maximum absolute atomic E-state index is 12.6. The lowest BCUT2D eigenvalue weighted by molar-refractivity contribution is -0.116. The minimum Gasteiger partial charge on any atom is -0.495 e. The van der Waals surface area contributed by atoms with E-state index in [1.165, 1.54) is 11.8 Å². The molecule has 21 heavy (non-hydrogen) atoms. The molecule has 1 aliphatic rings. The van der Waals surface area contributed by atoms with Gasteiger partial charge in [0.15, 0.2) is 0 Å². The fraction of sp³-hybridized carbons (Fsp3) is 0.385. The minimum absolute atomic E-state index is 0.0625. The highest BCUT2D eigenvalue weighted by molar-refractivity contribution is 8.00. The van der Waals surface area contributed by atoms with Crippen molar-refractivity contribution >= 4 is 23.4 Å². The number of carbonyl (C=O) groups excluding carboxylic acids is 1. The van der Waals surface area contributed by atoms with E-state index in [1.54, 1.807) is 23.7 Å². The van der Waals surface area contributed by atoms with Gasteiger partial charge in [-0.2, -0.15) is 0 Å². The molecular weight excluding hydrogens is 290 g/mol. The topological polar surface area (TPSA) is 73.1 Å². The number of carbonyl (C=O) groups is 1. The van der Waals surface area contributed by atoms with Crippen molar-refractivity contribution < 1.29 is 9.53 Å². The molecule has 1 unspecified atom stereocenters. The molecule has 0 radical (unpaired) electrons. The zero-order valence-electron chi connectivity index (χ0n) is 11.8. The summed E-state index contributed by atoms with van der Waals surface area (Å²) in [6.07, 6.45) is 0.758. The van der Waals surface area contributed by atoms with Crippen LogP contribution in [0.5, 0.6) is 5.75 Å². The van der Waals surface area contributed by atoms with E-state index in [0.29, 0.717) is 17.5 Å². The van der Waals surface area contributed by atoms with Crippen molar-refractivity contribution in [2.24, 2.45) is 7.05 Å². The lowest BCUT2D eigenvalue weighted by atomic mass is 10.2. The van der Waals surface area contributed by atoms with E-state index in [1.807, 2.05) is 24.3 Å². The Morgan fingerprint density at radius 3 is 2.90 bits per heavy atom. The number of para-hydroxylation sites is 2. The highest BCUT2D eigenvalue weighted by atomic mass is 32.2. The molecule has 0 bridgehead atoms. The van der Waals surface area contributed by atoms with Crippen LogP contribution in [-0.4, -0.2) is 45.0 Å². The van der Waals surface area contributed by atoms with Crippen LogP contribution in [0.1, 0.15) is 6.42 Å². The minimum atomic E-state index is -0.167. The predicted octanol–water partition coefficient (Wildman–Crippen LogP) is 1.12. The van der Waals surface area contributed by atoms with Gasteiger partial charge in [0.2, 0.25) is 11.1 Å². The fourth-order valence-corrected chi connectivity index (χ4v) is 3.28. The number of benzene rings is 1. The van der Waals surface area contributed by atoms with E-state index < -0.39 is 0 Å². The Balaban J connectivity index is 1.79. The number of thioether (sulfide) groups is 1. The van der Waals surface area contributed by atoms with Crippen LogP contribution in [0, 0.1) is 0 Å². The number of aryl methyl sites for hydroxylation is 1. The molecule has 8 heteroatoms. The first-order chi connectivity index (χ1) is 10.2. The Morgan fingerprint density at radius 1 is 1.38 bits per heavy atom. The van der Waals surface area contributed by atoms with Crippen LogP contribution in [0.4, 0.5) is 5.69 Å². The van der Waals surface area contributed by atoms with Crippen LogP contribution in [0.25, 0.3) is 0 Å². The third kappa shape index (κ3) is 2.58. The Morgan fingerprint density at radius 2 is 2.19 bits per heavy atom. The van der Waals surface area contributed by atoms with Gasteiger partial charge in [0, 0.05) is 13.6 Å². The summed E-state index contributed by atoms with van der Waals surface area (Å²) in [6, 6.07) is 7.54. The molecule has 1 aromatic carbocycles. The van der Waals surface area contributed by atoms with Gasteiger partial charge in [-0.3, -0.25) is 4.79 Å². The van der Waals surface area contributed by atoms with Crippen molar-refractivity contribution in [1.82, 2.24) is 20.2 Å². The van der Waals surface area contributed by atoms with Crippen LogP contribution in [0.3, 0.4) is 0 Å². The SMILES string of the molecule is COc1ccccc1N1CCC(Sc2nnnn2C)C1=O. The number of ether oxygens (including phenoxy) is 1. The van der Waals surface area contributed by atoms with Crippen LogP contribution < -0.4 is 9.64 Å². The maximum Gasteiger partial charge on any atom is 0.240 e. The molecule has 2 aromatic rings. The van der Waals surface area contributed by atoms with E-state index in [4.69, 9.17) is 4.74 Å². The largest absolute Gasteiger partial charge is 0.495 e. The standard InChI is InChI=1S/C13H15N5O2S/c1-17-13(14-15-16-17)21-11-7-8-18(12(11)19)9-5-3-4-6-10(9)20-2/h3-6,11H,7-8H2,1-2H3. The average Bonchev–Trinajstić information content (AvgIpc) is 3.07. The molecule has 0 N–H and O–H groups in total. The van der Waals surface area contributed by atoms with Gasteiger partial charge in [-0.15, -0.1) is 5.10 Å². The molecule has 7 nitrogen and oxygen atoms in total. The first-order valence-electron chi connectivity index (χ1n) is 6.54. The summed E-state index contributed by atoms with van der Waals surface area (Å²) in [5.41, 5.74) is 0.809. The summed E-state index contributed by atoms with van der Waals surface area (Å²) in [5, 5.41) is 11.8. The van der Waals surface area contributed by atoms with Crippen molar-refractivity contribution in [2.45, 2.75) is 16.8 Å². The predicted molar refractivity (Wildman–Crippen MR) is 78.4 cm³/mol. The molecule has 1 aromatic heterocycles. The number of nitrogens with zero attached hydrogens (tertiary/aromatic N) is 5. The number of hydrogen-bond acceptors (Lipinski definition) is 6. The summed E-state index contributed by atoms with van der Waals surface area (Å²) >= 11 is 1.40. The van der Waals surface area contributed by atoms with E-state index in [2.05, 4.69) is 15.5 Å². The Hall–Kier alpha value is -2.09. The second-order valence-corrected chi connectivity index (χ2v) is 5.81. The van der Waals surface area contributed by atoms with Gasteiger partial charge in [-0.25, -0.2) is 4.68 Å². The number of rotatable bonds is 4. The van der Waals surface area contributed by atoms with Crippen LogP contribution in [0.15, 0.2) is 29.4 Å². The molecule has 2 heterocycles. The zero-order chi connectivity index (χ0) is 14.8. The summed E-state index contributed by atoms with van der Waals surface area (Å²) in [4.78, 5) is 14.3. The van der Waals surface area contributed by atoms with Gasteiger partial charge < -0.3 is 9.64 Å². The average molecular weight is 305 g/mol. The normalized spacial score (nSPS) is 18.3. The van der Waals surface area contributed by atoms with Gasteiger partial charge in [0.25, 0.3) is 0 Å². The lowest BCUT2D eigenvalue weighted by Gasteiger charge is -2.19. The molecule has 1 saturated heterocycles. The second kappa shape index (κ2) is 5.72. The van der Waals surface area contributed by atoms with Crippen molar-refractivity contribution in [1.29, 1.82) is 0 Å². The number of anilines is 1. The highest BCUT2D eigenvalue weighted by Crippen LogP contribution is 2.35. The quantitative estimate of drug-likeness (QED) is 0.842. The Kier molecular flexibility index (Phi) is 3.78. The van der Waals surface area contributed by atoms with E-state index in [9.17, 15) is 4.79 Å². The molecular formula is C13H15N5O2S. The van der Waals surface area contributed by atoms with Crippen LogP contribution >= 0.6 is 11.8 Å². The third-order valence-corrected chi connectivity index (χ3v) is 4.64. The summed E-state index contributed by atoms with van der Waals surface area (Å²) in [7, 11) is 3.37. The Labute approximate surface area is 126 Å². The molecule has 0 aliphatic carbocycles. The Bertz CT molecular complexity index is 660. The molecule has 3 rings (SSSR count). The molecule has 110 valence electrons. The third-order valence-electron chi connectivity index (χ3n) is 3.36. The van der Waals surface area contributed by atoms with Gasteiger partial charge >= 0.3 is 0 Å². The first-order valence-corrected chi connectivity index (χ1v) is 7.42. The van der Waals surface area contributed by atoms with Crippen LogP contribution in [0.2, 0.25) is 0 Å². The van der Waals surface area contributed by atoms with Gasteiger partial charge in [-0.05, 0) is 29.0 Å². The van der Waals surface area contributed by atoms with Crippen molar-refractivity contribution in [2.75, 3.05) is 18.6 Å². The smallest absolute Gasteiger partial charge is 0.240 e. The molecule has 1 fully saturated rings. The second-order valence-electron chi connectivity index (χ2n) is 4.64. The highest BCUT2D eigenvalue weighted by Gasteiger charge is 2.35. The van der Waals surface area contributed by atoms with Gasteiger partial charge in [-0.1, -0.05) is 23.9 Å². The number of tetrazole rings is 1. The van der Waals surface area contributed by atoms with E-state index in [-0.39, 0.29) is 11.2 Å². The molecule has 0 spiro atoms. The van der Waals surface area contributed by atoms with Crippen molar-refractivity contribution in [3.8, 4) is 5.75 Å². The number of methoxy groups -OCH3 is 1. The number of hydrogen-bond donors (Lipinski definition) is 0. The first kappa shape index (κ1) is 13.9. The summed E-state index contributed by atoms with van der Waals surface area (Å²) in [6.45, 7) is 0.669. The summed E-state index contributed by atoms with van der Waals surface area (Å²) < 4.78 is 6.90. The number of aromatic nitrogens is 4. The zero-order valence-corrected chi connectivity index (χ0v) is 12.6. The van der Waals surface area contributed by atoms with Gasteiger partial charge in [0.05, 0.1) is 18.0 Å². The fourth-order valence-electron chi connectivity index (χ4n) is 2.30. The van der Waals surface area contributed by atoms with Crippen LogP contribution in [-0.2, 0) is 11.8 Å². The van der Waals surface area contributed by atoms with E-state index >= 15 is 0 Å². The molecule has 1 atom stereocenters. The molecule has 1 aliphatic heterocycles. The molecule has 0 saturated carbocycles. The summed E-state index contributed by atoms with van der Waals surface area (Å²) in [5.74, 6) is 0.768. The van der Waals surface area contributed by atoms with Gasteiger partial charge in [0.1, 0.15) is 5.75 Å². The van der Waals surface area contributed by atoms with Crippen molar-refractivity contribution in [3.63, 3.8) is 0 Å². The lowest BCUT2D eigenvalue weighted by Crippen LogP contribution is -2.28. The molecule has 1 amide bonds. The van der Waals surface area contributed by atoms with Crippen molar-refractivity contribution in [3.05, 3.63) is 24.3 Å². The monoisotopic (exact) mass is 305 g/mol. The number of amides is 1.